The third-order valence-electron chi connectivity index (χ3n) is 1.06. The average Bonchev–Trinajstić information content (AvgIpc) is 1.82. The highest BCUT2D eigenvalue weighted by molar-refractivity contribution is 5.74. The lowest BCUT2D eigenvalue weighted by Crippen LogP contribution is -2.34. The quantitative estimate of drug-likeness (QED) is 0.356. The van der Waals surface area contributed by atoms with Gasteiger partial charge in [0.05, 0.1) is 0 Å². The van der Waals surface area contributed by atoms with Gasteiger partial charge in [0, 0.05) is 11.8 Å². The Morgan fingerprint density at radius 2 is 1.92 bits per heavy atom. The zero-order valence-electron chi connectivity index (χ0n) is 7.66. The van der Waals surface area contributed by atoms with Crippen molar-refractivity contribution >= 4 is 5.97 Å². The second kappa shape index (κ2) is 3.51. The molecule has 0 heterocycles. The van der Waals surface area contributed by atoms with Gasteiger partial charge >= 0.3 is 12.0 Å². The van der Waals surface area contributed by atoms with Gasteiger partial charge in [0.25, 0.3) is 0 Å². The van der Waals surface area contributed by atoms with E-state index in [0.29, 0.717) is 0 Å². The molecule has 1 unspecified atom stereocenters. The topological polar surface area (TPSA) is 69.4 Å². The summed E-state index contributed by atoms with van der Waals surface area (Å²) in [6.45, 7) is 6.20. The van der Waals surface area contributed by atoms with Gasteiger partial charge in [0.1, 0.15) is 5.60 Å². The maximum atomic E-state index is 10.9. The van der Waals surface area contributed by atoms with Crippen LogP contribution in [-0.2, 0) is 9.53 Å². The van der Waals surface area contributed by atoms with E-state index >= 15 is 0 Å². The van der Waals surface area contributed by atoms with Gasteiger partial charge in [-0.3, -0.25) is 10.1 Å². The van der Waals surface area contributed by atoms with E-state index in [9.17, 15) is 14.9 Å². The van der Waals surface area contributed by atoms with Crippen molar-refractivity contribution in [3.05, 3.63) is 10.1 Å². The molecule has 0 saturated carbocycles. The summed E-state index contributed by atoms with van der Waals surface area (Å²) in [6.07, 6.45) is 0. The third kappa shape index (κ3) is 3.90. The molecule has 0 bridgehead atoms. The number of hydrogen-bond donors (Lipinski definition) is 0. The largest absolute Gasteiger partial charge is 0.455 e. The second-order valence-corrected chi connectivity index (χ2v) is 3.49. The van der Waals surface area contributed by atoms with Gasteiger partial charge in [0.15, 0.2) is 0 Å². The van der Waals surface area contributed by atoms with Crippen molar-refractivity contribution in [3.63, 3.8) is 0 Å². The van der Waals surface area contributed by atoms with Gasteiger partial charge in [-0.1, -0.05) is 0 Å². The number of nitro groups is 1. The minimum atomic E-state index is -1.29. The summed E-state index contributed by atoms with van der Waals surface area (Å²) < 4.78 is 4.78. The van der Waals surface area contributed by atoms with E-state index in [1.54, 1.807) is 20.8 Å². The number of nitrogens with zero attached hydrogens (tertiary/aromatic N) is 1. The molecule has 1 atom stereocenters. The third-order valence-corrected chi connectivity index (χ3v) is 1.06. The van der Waals surface area contributed by atoms with Crippen LogP contribution in [0.15, 0.2) is 0 Å². The van der Waals surface area contributed by atoms with Crippen LogP contribution in [0.2, 0.25) is 0 Å². The van der Waals surface area contributed by atoms with Gasteiger partial charge in [0.2, 0.25) is 0 Å². The minimum Gasteiger partial charge on any atom is -0.455 e. The van der Waals surface area contributed by atoms with Gasteiger partial charge in [-0.05, 0) is 20.8 Å². The Morgan fingerprint density at radius 3 is 2.17 bits per heavy atom. The molecule has 0 spiro atoms. The molecule has 0 rings (SSSR count). The van der Waals surface area contributed by atoms with Crippen LogP contribution in [-0.4, -0.2) is 22.5 Å². The van der Waals surface area contributed by atoms with E-state index in [4.69, 9.17) is 4.74 Å². The lowest BCUT2D eigenvalue weighted by atomic mass is 10.2. The van der Waals surface area contributed by atoms with Crippen molar-refractivity contribution in [3.8, 4) is 0 Å². The fourth-order valence-electron chi connectivity index (χ4n) is 0.473. The molecule has 12 heavy (non-hydrogen) atoms. The predicted molar refractivity (Wildman–Crippen MR) is 42.3 cm³/mol. The Labute approximate surface area is 70.9 Å². The Balaban J connectivity index is 4.15. The highest BCUT2D eigenvalue weighted by Gasteiger charge is 2.29. The number of esters is 1. The number of rotatable bonds is 2. The molecule has 0 amide bonds. The van der Waals surface area contributed by atoms with E-state index in [2.05, 4.69) is 0 Å². The standard InChI is InChI=1S/C7H13NO4/c1-5(8(10)11)6(9)12-7(2,3)4/h5H,1-4H3. The molecule has 0 aliphatic heterocycles. The lowest BCUT2D eigenvalue weighted by molar-refractivity contribution is -0.506. The fraction of sp³-hybridized carbons (Fsp3) is 0.857. The van der Waals surface area contributed by atoms with E-state index in [1.807, 2.05) is 0 Å². The van der Waals surface area contributed by atoms with Crippen molar-refractivity contribution in [2.75, 3.05) is 0 Å². The highest BCUT2D eigenvalue weighted by Crippen LogP contribution is 2.08. The first kappa shape index (κ1) is 10.9. The first-order valence-corrected chi connectivity index (χ1v) is 3.60. The zero-order valence-corrected chi connectivity index (χ0v) is 7.66. The minimum absolute atomic E-state index is 0.665. The first-order chi connectivity index (χ1) is 5.24. The summed E-state index contributed by atoms with van der Waals surface area (Å²) in [4.78, 5) is 20.4. The van der Waals surface area contributed by atoms with Crippen molar-refractivity contribution in [2.45, 2.75) is 39.3 Å². The highest BCUT2D eigenvalue weighted by atomic mass is 16.6. The molecular weight excluding hydrogens is 162 g/mol. The summed E-state index contributed by atoms with van der Waals surface area (Å²) in [7, 11) is 0. The van der Waals surface area contributed by atoms with Gasteiger partial charge < -0.3 is 4.74 Å². The summed E-state index contributed by atoms with van der Waals surface area (Å²) in [5, 5.41) is 10.1. The Hall–Kier alpha value is -1.13. The van der Waals surface area contributed by atoms with Gasteiger partial charge in [-0.15, -0.1) is 0 Å². The van der Waals surface area contributed by atoms with Crippen LogP contribution in [0.5, 0.6) is 0 Å². The molecule has 0 radical (unpaired) electrons. The lowest BCUT2D eigenvalue weighted by Gasteiger charge is -2.19. The van der Waals surface area contributed by atoms with Crippen LogP contribution in [0, 0.1) is 10.1 Å². The molecule has 70 valence electrons. The van der Waals surface area contributed by atoms with E-state index in [-0.39, 0.29) is 0 Å². The van der Waals surface area contributed by atoms with E-state index in [1.165, 1.54) is 6.92 Å². The van der Waals surface area contributed by atoms with Crippen molar-refractivity contribution in [1.29, 1.82) is 0 Å². The Bertz CT molecular complexity index is 194. The molecule has 5 nitrogen and oxygen atoms in total. The van der Waals surface area contributed by atoms with E-state index in [0.717, 1.165) is 0 Å². The Morgan fingerprint density at radius 1 is 1.50 bits per heavy atom. The molecule has 0 aromatic heterocycles. The molecule has 5 heteroatoms. The monoisotopic (exact) mass is 175 g/mol. The number of ether oxygens (including phenoxy) is 1. The smallest absolute Gasteiger partial charge is 0.381 e. The van der Waals surface area contributed by atoms with Crippen molar-refractivity contribution in [2.24, 2.45) is 0 Å². The summed E-state index contributed by atoms with van der Waals surface area (Å²) in [5.74, 6) is -0.799. The predicted octanol–water partition coefficient (Wildman–Crippen LogP) is 0.993. The maximum absolute atomic E-state index is 10.9. The summed E-state index contributed by atoms with van der Waals surface area (Å²) in [5.41, 5.74) is -0.665. The maximum Gasteiger partial charge on any atom is 0.381 e. The molecule has 0 aliphatic rings. The van der Waals surface area contributed by atoms with Crippen molar-refractivity contribution < 1.29 is 14.5 Å². The molecule has 0 aliphatic carbocycles. The Kier molecular flexibility index (Phi) is 3.18. The van der Waals surface area contributed by atoms with Crippen LogP contribution < -0.4 is 0 Å². The number of carbonyl (C=O) groups excluding carboxylic acids is 1. The zero-order chi connectivity index (χ0) is 9.94. The van der Waals surface area contributed by atoms with Crippen LogP contribution in [0.3, 0.4) is 0 Å². The SMILES string of the molecule is CC(C(=O)OC(C)(C)C)[N+](=O)[O-]. The van der Waals surface area contributed by atoms with Crippen LogP contribution in [0.25, 0.3) is 0 Å². The second-order valence-electron chi connectivity index (χ2n) is 3.49. The number of hydrogen-bond acceptors (Lipinski definition) is 4. The van der Waals surface area contributed by atoms with Crippen molar-refractivity contribution in [1.82, 2.24) is 0 Å². The molecule has 0 fully saturated rings. The number of carbonyl (C=O) groups is 1. The molecule has 0 N–H and O–H groups in total. The molecule has 0 aromatic rings. The van der Waals surface area contributed by atoms with Gasteiger partial charge in [-0.2, -0.15) is 0 Å². The average molecular weight is 175 g/mol. The van der Waals surface area contributed by atoms with Gasteiger partial charge in [-0.25, -0.2) is 4.79 Å². The summed E-state index contributed by atoms with van der Waals surface area (Å²) in [6, 6.07) is -1.29. The van der Waals surface area contributed by atoms with Crippen LogP contribution in [0.4, 0.5) is 0 Å². The van der Waals surface area contributed by atoms with E-state index < -0.39 is 22.5 Å². The molecular formula is C7H13NO4. The summed E-state index contributed by atoms with van der Waals surface area (Å²) >= 11 is 0. The first-order valence-electron chi connectivity index (χ1n) is 3.60. The van der Waals surface area contributed by atoms with Crippen LogP contribution in [0.1, 0.15) is 27.7 Å². The fourth-order valence-corrected chi connectivity index (χ4v) is 0.473. The molecule has 0 saturated heterocycles. The molecule has 0 aromatic carbocycles. The normalized spacial score (nSPS) is 13.7. The van der Waals surface area contributed by atoms with Crippen LogP contribution >= 0.6 is 0 Å².